The maximum atomic E-state index is 12.4. The van der Waals surface area contributed by atoms with Crippen LogP contribution in [0.1, 0.15) is 5.69 Å². The molecule has 0 saturated carbocycles. The van der Waals surface area contributed by atoms with Gasteiger partial charge in [-0.05, 0) is 12.1 Å². The van der Waals surface area contributed by atoms with Crippen molar-refractivity contribution in [1.29, 1.82) is 0 Å². The first-order valence-electron chi connectivity index (χ1n) is 4.30. The Morgan fingerprint density at radius 2 is 2.00 bits per heavy atom. The van der Waals surface area contributed by atoms with Crippen LogP contribution in [-0.4, -0.2) is 20.0 Å². The van der Waals surface area contributed by atoms with Gasteiger partial charge in [-0.25, -0.2) is 4.98 Å². The van der Waals surface area contributed by atoms with Crippen LogP contribution in [0.3, 0.4) is 0 Å². The van der Waals surface area contributed by atoms with Crippen LogP contribution in [0.5, 0.6) is 0 Å². The quantitative estimate of drug-likeness (QED) is 0.853. The SMILES string of the molecule is Nc1nn(-c2ncccc2Cl)nc1C(F)(F)F. The molecule has 0 aliphatic heterocycles. The first-order valence-corrected chi connectivity index (χ1v) is 4.68. The molecule has 5 nitrogen and oxygen atoms in total. The highest BCUT2D eigenvalue weighted by atomic mass is 35.5. The summed E-state index contributed by atoms with van der Waals surface area (Å²) in [6.45, 7) is 0. The van der Waals surface area contributed by atoms with Gasteiger partial charge in [0.2, 0.25) is 5.69 Å². The van der Waals surface area contributed by atoms with E-state index in [1.807, 2.05) is 0 Å². The Kier molecular flexibility index (Phi) is 2.66. The maximum Gasteiger partial charge on any atom is 0.438 e. The van der Waals surface area contributed by atoms with E-state index in [1.54, 1.807) is 0 Å². The number of anilines is 1. The molecule has 2 heterocycles. The lowest BCUT2D eigenvalue weighted by atomic mass is 10.4. The van der Waals surface area contributed by atoms with Crippen molar-refractivity contribution >= 4 is 17.4 Å². The molecule has 0 radical (unpaired) electrons. The van der Waals surface area contributed by atoms with Gasteiger partial charge in [0.1, 0.15) is 0 Å². The zero-order valence-corrected chi connectivity index (χ0v) is 8.87. The fourth-order valence-electron chi connectivity index (χ4n) is 1.14. The molecule has 0 unspecified atom stereocenters. The maximum absolute atomic E-state index is 12.4. The molecule has 17 heavy (non-hydrogen) atoms. The predicted molar refractivity (Wildman–Crippen MR) is 53.6 cm³/mol. The van der Waals surface area contributed by atoms with Crippen molar-refractivity contribution in [2.24, 2.45) is 0 Å². The highest BCUT2D eigenvalue weighted by Crippen LogP contribution is 2.31. The highest BCUT2D eigenvalue weighted by Gasteiger charge is 2.38. The number of alkyl halides is 3. The van der Waals surface area contributed by atoms with Crippen LogP contribution in [0.2, 0.25) is 5.02 Å². The molecule has 2 aromatic heterocycles. The van der Waals surface area contributed by atoms with E-state index in [0.29, 0.717) is 4.80 Å². The number of halogens is 4. The number of rotatable bonds is 1. The van der Waals surface area contributed by atoms with E-state index >= 15 is 0 Å². The largest absolute Gasteiger partial charge is 0.438 e. The fraction of sp³-hybridized carbons (Fsp3) is 0.125. The number of hydrogen-bond acceptors (Lipinski definition) is 4. The van der Waals surface area contributed by atoms with E-state index in [9.17, 15) is 13.2 Å². The van der Waals surface area contributed by atoms with Crippen molar-refractivity contribution in [3.8, 4) is 5.82 Å². The molecule has 0 spiro atoms. The summed E-state index contributed by atoms with van der Waals surface area (Å²) >= 11 is 5.75. The van der Waals surface area contributed by atoms with Crippen LogP contribution in [0.25, 0.3) is 5.82 Å². The summed E-state index contributed by atoms with van der Waals surface area (Å²) in [6.07, 6.45) is -3.31. The zero-order chi connectivity index (χ0) is 12.6. The van der Waals surface area contributed by atoms with Gasteiger partial charge in [0.25, 0.3) is 0 Å². The van der Waals surface area contributed by atoms with Gasteiger partial charge >= 0.3 is 6.18 Å². The van der Waals surface area contributed by atoms with Crippen LogP contribution in [0.4, 0.5) is 19.0 Å². The van der Waals surface area contributed by atoms with Crippen molar-refractivity contribution in [3.63, 3.8) is 0 Å². The average molecular weight is 264 g/mol. The number of nitrogens with two attached hydrogens (primary N) is 1. The molecule has 0 saturated heterocycles. The summed E-state index contributed by atoms with van der Waals surface area (Å²) < 4.78 is 37.3. The molecule has 9 heteroatoms. The summed E-state index contributed by atoms with van der Waals surface area (Å²) in [5.74, 6) is -0.740. The van der Waals surface area contributed by atoms with Gasteiger partial charge in [-0.15, -0.1) is 15.0 Å². The van der Waals surface area contributed by atoms with Crippen molar-refractivity contribution < 1.29 is 13.2 Å². The van der Waals surface area contributed by atoms with Crippen molar-refractivity contribution in [1.82, 2.24) is 20.0 Å². The number of nitrogens with zero attached hydrogens (tertiary/aromatic N) is 4. The van der Waals surface area contributed by atoms with Crippen LogP contribution in [-0.2, 0) is 6.18 Å². The van der Waals surface area contributed by atoms with E-state index < -0.39 is 17.7 Å². The molecule has 0 fully saturated rings. The molecule has 0 amide bonds. The topological polar surface area (TPSA) is 69.6 Å². The molecule has 0 bridgehead atoms. The molecule has 0 aromatic carbocycles. The number of hydrogen-bond donors (Lipinski definition) is 1. The lowest BCUT2D eigenvalue weighted by Crippen LogP contribution is -2.09. The summed E-state index contributed by atoms with van der Waals surface area (Å²) in [6, 6.07) is 2.99. The first-order chi connectivity index (χ1) is 7.89. The van der Waals surface area contributed by atoms with Crippen molar-refractivity contribution in [3.05, 3.63) is 29.0 Å². The molecule has 0 aliphatic rings. The van der Waals surface area contributed by atoms with Crippen molar-refractivity contribution in [2.75, 3.05) is 5.73 Å². The van der Waals surface area contributed by atoms with E-state index in [-0.39, 0.29) is 10.8 Å². The Hall–Kier alpha value is -1.83. The second-order valence-electron chi connectivity index (χ2n) is 3.03. The molecule has 2 rings (SSSR count). The Morgan fingerprint density at radius 1 is 1.29 bits per heavy atom. The molecule has 0 aliphatic carbocycles. The number of aromatic nitrogens is 4. The Balaban J connectivity index is 2.53. The van der Waals surface area contributed by atoms with Crippen LogP contribution in [0, 0.1) is 0 Å². The van der Waals surface area contributed by atoms with Crippen molar-refractivity contribution in [2.45, 2.75) is 6.18 Å². The smallest absolute Gasteiger partial charge is 0.380 e. The normalized spacial score (nSPS) is 11.8. The van der Waals surface area contributed by atoms with Gasteiger partial charge in [-0.1, -0.05) is 11.6 Å². The van der Waals surface area contributed by atoms with Gasteiger partial charge in [0.15, 0.2) is 11.6 Å². The fourth-order valence-corrected chi connectivity index (χ4v) is 1.34. The van der Waals surface area contributed by atoms with Crippen LogP contribution in [0.15, 0.2) is 18.3 Å². The van der Waals surface area contributed by atoms with Gasteiger partial charge in [-0.2, -0.15) is 13.2 Å². The standard InChI is InChI=1S/C8H5ClF3N5/c9-4-2-1-3-14-7(4)17-15-5(6(13)16-17)8(10,11)12/h1-3H,(H2,13,16). The highest BCUT2D eigenvalue weighted by molar-refractivity contribution is 6.32. The third kappa shape index (κ3) is 2.16. The van der Waals surface area contributed by atoms with Crippen LogP contribution < -0.4 is 5.73 Å². The zero-order valence-electron chi connectivity index (χ0n) is 8.11. The monoisotopic (exact) mass is 263 g/mol. The summed E-state index contributed by atoms with van der Waals surface area (Å²) in [4.78, 5) is 4.42. The Bertz CT molecular complexity index is 550. The second kappa shape index (κ2) is 3.88. The first kappa shape index (κ1) is 11.6. The lowest BCUT2D eigenvalue weighted by molar-refractivity contribution is -0.140. The minimum absolute atomic E-state index is 0.0173. The summed E-state index contributed by atoms with van der Waals surface area (Å²) in [5, 5.41) is 6.77. The van der Waals surface area contributed by atoms with Gasteiger partial charge in [0, 0.05) is 6.20 Å². The van der Waals surface area contributed by atoms with E-state index in [4.69, 9.17) is 17.3 Å². The van der Waals surface area contributed by atoms with E-state index in [1.165, 1.54) is 18.3 Å². The second-order valence-corrected chi connectivity index (χ2v) is 3.44. The average Bonchev–Trinajstić information content (AvgIpc) is 2.60. The van der Waals surface area contributed by atoms with Gasteiger partial charge < -0.3 is 5.73 Å². The van der Waals surface area contributed by atoms with E-state index in [0.717, 1.165) is 0 Å². The molecule has 90 valence electrons. The molecule has 0 atom stereocenters. The van der Waals surface area contributed by atoms with Crippen LogP contribution >= 0.6 is 11.6 Å². The molecular formula is C8H5ClF3N5. The minimum atomic E-state index is -4.66. The predicted octanol–water partition coefficient (Wildman–Crippen LogP) is 1.92. The molecule has 2 N–H and O–H groups in total. The van der Waals surface area contributed by atoms with E-state index in [2.05, 4.69) is 15.2 Å². The minimum Gasteiger partial charge on any atom is -0.380 e. The summed E-state index contributed by atoms with van der Waals surface area (Å²) in [5.41, 5.74) is 3.87. The third-order valence-electron chi connectivity index (χ3n) is 1.84. The Labute approximate surface area is 98.0 Å². The van der Waals surface area contributed by atoms with Gasteiger partial charge in [-0.3, -0.25) is 0 Å². The lowest BCUT2D eigenvalue weighted by Gasteiger charge is -2.01. The number of pyridine rings is 1. The number of nitrogen functional groups attached to an aromatic ring is 1. The molecular weight excluding hydrogens is 259 g/mol. The third-order valence-corrected chi connectivity index (χ3v) is 2.13. The molecule has 2 aromatic rings. The Morgan fingerprint density at radius 3 is 2.53 bits per heavy atom. The summed E-state index contributed by atoms with van der Waals surface area (Å²) in [7, 11) is 0. The van der Waals surface area contributed by atoms with Gasteiger partial charge in [0.05, 0.1) is 5.02 Å².